The highest BCUT2D eigenvalue weighted by molar-refractivity contribution is 7.16. The van der Waals surface area contributed by atoms with Gasteiger partial charge >= 0.3 is 0 Å². The van der Waals surface area contributed by atoms with Gasteiger partial charge in [-0.2, -0.15) is 0 Å². The van der Waals surface area contributed by atoms with Gasteiger partial charge in [0.2, 0.25) is 0 Å². The molecule has 3 heterocycles. The van der Waals surface area contributed by atoms with Gasteiger partial charge in [0.25, 0.3) is 0 Å². The zero-order valence-electron chi connectivity index (χ0n) is 11.2. The summed E-state index contributed by atoms with van der Waals surface area (Å²) in [6, 6.07) is 2.16. The van der Waals surface area contributed by atoms with Crippen LogP contribution in [0.15, 0.2) is 11.4 Å². The zero-order chi connectivity index (χ0) is 12.7. The standard InChI is InChI=1S/C14H19N3S/c1-4-12-15-13(11-5-6-18-14(11)16-12)17-7-9(2)10(3)8-17/h5-6,9-10H,4,7-8H2,1-3H3. The minimum Gasteiger partial charge on any atom is -0.355 e. The Morgan fingerprint density at radius 1 is 1.28 bits per heavy atom. The number of aromatic nitrogens is 2. The van der Waals surface area contributed by atoms with Crippen LogP contribution in [0.4, 0.5) is 5.82 Å². The van der Waals surface area contributed by atoms with Crippen LogP contribution in [-0.4, -0.2) is 23.1 Å². The molecule has 0 amide bonds. The summed E-state index contributed by atoms with van der Waals surface area (Å²) in [4.78, 5) is 12.9. The summed E-state index contributed by atoms with van der Waals surface area (Å²) < 4.78 is 0. The van der Waals surface area contributed by atoms with E-state index in [9.17, 15) is 0 Å². The third kappa shape index (κ3) is 1.88. The van der Waals surface area contributed by atoms with Gasteiger partial charge in [-0.25, -0.2) is 9.97 Å². The lowest BCUT2D eigenvalue weighted by molar-refractivity contribution is 0.494. The summed E-state index contributed by atoms with van der Waals surface area (Å²) in [6.45, 7) is 9.02. The Hall–Kier alpha value is -1.16. The molecule has 1 aliphatic heterocycles. The number of fused-ring (bicyclic) bond motifs is 1. The molecule has 96 valence electrons. The number of nitrogens with zero attached hydrogens (tertiary/aromatic N) is 3. The van der Waals surface area contributed by atoms with Gasteiger partial charge in [-0.1, -0.05) is 20.8 Å². The predicted molar refractivity (Wildman–Crippen MR) is 77.3 cm³/mol. The number of hydrogen-bond acceptors (Lipinski definition) is 4. The molecule has 2 atom stereocenters. The highest BCUT2D eigenvalue weighted by atomic mass is 32.1. The van der Waals surface area contributed by atoms with Gasteiger partial charge in [0.15, 0.2) is 0 Å². The van der Waals surface area contributed by atoms with Crippen molar-refractivity contribution in [3.8, 4) is 0 Å². The molecule has 1 aliphatic rings. The molecule has 3 rings (SSSR count). The molecule has 18 heavy (non-hydrogen) atoms. The Morgan fingerprint density at radius 2 is 2.00 bits per heavy atom. The van der Waals surface area contributed by atoms with E-state index in [1.807, 2.05) is 0 Å². The lowest BCUT2D eigenvalue weighted by Gasteiger charge is -2.18. The molecular formula is C14H19N3S. The van der Waals surface area contributed by atoms with E-state index in [4.69, 9.17) is 4.98 Å². The van der Waals surface area contributed by atoms with E-state index in [-0.39, 0.29) is 0 Å². The van der Waals surface area contributed by atoms with Crippen LogP contribution >= 0.6 is 11.3 Å². The molecule has 2 aromatic rings. The van der Waals surface area contributed by atoms with Gasteiger partial charge < -0.3 is 4.90 Å². The molecule has 0 aliphatic carbocycles. The van der Waals surface area contributed by atoms with Crippen LogP contribution < -0.4 is 4.90 Å². The molecule has 1 saturated heterocycles. The Kier molecular flexibility index (Phi) is 2.98. The highest BCUT2D eigenvalue weighted by Crippen LogP contribution is 2.33. The van der Waals surface area contributed by atoms with Crippen LogP contribution in [-0.2, 0) is 6.42 Å². The van der Waals surface area contributed by atoms with E-state index in [0.29, 0.717) is 0 Å². The third-order valence-electron chi connectivity index (χ3n) is 3.96. The van der Waals surface area contributed by atoms with Gasteiger partial charge in [0.05, 0.1) is 5.39 Å². The number of rotatable bonds is 2. The summed E-state index contributed by atoms with van der Waals surface area (Å²) in [5.74, 6) is 3.61. The first kappa shape index (κ1) is 11.9. The van der Waals surface area contributed by atoms with Crippen LogP contribution in [0.25, 0.3) is 10.2 Å². The Balaban J connectivity index is 2.07. The highest BCUT2D eigenvalue weighted by Gasteiger charge is 2.28. The van der Waals surface area contributed by atoms with Crippen molar-refractivity contribution in [2.45, 2.75) is 27.2 Å². The minimum absolute atomic E-state index is 0.749. The molecule has 0 saturated carbocycles. The predicted octanol–water partition coefficient (Wildman–Crippen LogP) is 3.35. The molecule has 0 N–H and O–H groups in total. The third-order valence-corrected chi connectivity index (χ3v) is 4.76. The van der Waals surface area contributed by atoms with Crippen LogP contribution in [0.5, 0.6) is 0 Å². The Bertz CT molecular complexity index is 553. The summed E-state index contributed by atoms with van der Waals surface area (Å²) >= 11 is 1.71. The molecule has 0 bridgehead atoms. The number of aryl methyl sites for hydroxylation is 1. The van der Waals surface area contributed by atoms with E-state index in [1.54, 1.807) is 11.3 Å². The van der Waals surface area contributed by atoms with Crippen LogP contribution in [0.1, 0.15) is 26.6 Å². The van der Waals surface area contributed by atoms with Crippen molar-refractivity contribution >= 4 is 27.4 Å². The molecule has 2 unspecified atom stereocenters. The maximum atomic E-state index is 4.76. The largest absolute Gasteiger partial charge is 0.355 e. The second-order valence-electron chi connectivity index (χ2n) is 5.32. The topological polar surface area (TPSA) is 29.0 Å². The minimum atomic E-state index is 0.749. The molecule has 2 aromatic heterocycles. The first-order chi connectivity index (χ1) is 8.69. The quantitative estimate of drug-likeness (QED) is 0.830. The van der Waals surface area contributed by atoms with Crippen molar-refractivity contribution in [1.29, 1.82) is 0 Å². The van der Waals surface area contributed by atoms with E-state index >= 15 is 0 Å². The summed E-state index contributed by atoms with van der Waals surface area (Å²) in [7, 11) is 0. The molecule has 1 fully saturated rings. The second-order valence-corrected chi connectivity index (χ2v) is 6.21. The maximum absolute atomic E-state index is 4.76. The molecular weight excluding hydrogens is 242 g/mol. The molecule has 3 nitrogen and oxygen atoms in total. The molecule has 0 spiro atoms. The lowest BCUT2D eigenvalue weighted by Crippen LogP contribution is -2.21. The Labute approximate surface area is 112 Å². The smallest absolute Gasteiger partial charge is 0.141 e. The first-order valence-electron chi connectivity index (χ1n) is 6.68. The SMILES string of the molecule is CCc1nc(N2CC(C)C(C)C2)c2ccsc2n1. The van der Waals surface area contributed by atoms with Gasteiger partial charge in [-0.3, -0.25) is 0 Å². The van der Waals surface area contributed by atoms with E-state index in [1.165, 1.54) is 5.39 Å². The van der Waals surface area contributed by atoms with E-state index in [0.717, 1.165) is 47.8 Å². The normalized spacial score (nSPS) is 24.1. The van der Waals surface area contributed by atoms with Crippen molar-refractivity contribution in [2.24, 2.45) is 11.8 Å². The van der Waals surface area contributed by atoms with Gasteiger partial charge in [0, 0.05) is 19.5 Å². The fourth-order valence-corrected chi connectivity index (χ4v) is 3.36. The van der Waals surface area contributed by atoms with E-state index < -0.39 is 0 Å². The Morgan fingerprint density at radius 3 is 2.67 bits per heavy atom. The number of thiophene rings is 1. The van der Waals surface area contributed by atoms with Crippen LogP contribution in [0, 0.1) is 11.8 Å². The molecule has 0 radical (unpaired) electrons. The van der Waals surface area contributed by atoms with Crippen molar-refractivity contribution in [2.75, 3.05) is 18.0 Å². The van der Waals surface area contributed by atoms with Gasteiger partial charge in [-0.15, -0.1) is 11.3 Å². The summed E-state index contributed by atoms with van der Waals surface area (Å²) in [6.07, 6.45) is 0.903. The number of hydrogen-bond donors (Lipinski definition) is 0. The number of anilines is 1. The average molecular weight is 261 g/mol. The van der Waals surface area contributed by atoms with Crippen molar-refractivity contribution in [3.63, 3.8) is 0 Å². The van der Waals surface area contributed by atoms with Crippen LogP contribution in [0.2, 0.25) is 0 Å². The average Bonchev–Trinajstić information content (AvgIpc) is 2.95. The summed E-state index contributed by atoms with van der Waals surface area (Å²) in [5, 5.41) is 3.34. The van der Waals surface area contributed by atoms with Crippen LogP contribution in [0.3, 0.4) is 0 Å². The first-order valence-corrected chi connectivity index (χ1v) is 7.56. The van der Waals surface area contributed by atoms with Crippen molar-refractivity contribution in [3.05, 3.63) is 17.3 Å². The maximum Gasteiger partial charge on any atom is 0.141 e. The van der Waals surface area contributed by atoms with Gasteiger partial charge in [0.1, 0.15) is 16.5 Å². The second kappa shape index (κ2) is 4.50. The molecule has 4 heteroatoms. The monoisotopic (exact) mass is 261 g/mol. The zero-order valence-corrected chi connectivity index (χ0v) is 12.0. The van der Waals surface area contributed by atoms with E-state index in [2.05, 4.69) is 42.1 Å². The van der Waals surface area contributed by atoms with Gasteiger partial charge in [-0.05, 0) is 23.3 Å². The molecule has 0 aromatic carbocycles. The fourth-order valence-electron chi connectivity index (χ4n) is 2.58. The summed E-state index contributed by atoms with van der Waals surface area (Å²) in [5.41, 5.74) is 0. The van der Waals surface area contributed by atoms with Crippen molar-refractivity contribution < 1.29 is 0 Å². The lowest BCUT2D eigenvalue weighted by atomic mass is 10.0. The fraction of sp³-hybridized carbons (Fsp3) is 0.571. The van der Waals surface area contributed by atoms with Crippen molar-refractivity contribution in [1.82, 2.24) is 9.97 Å².